The fraction of sp³-hybridized carbons (Fsp3) is 0.562. The van der Waals surface area contributed by atoms with E-state index in [4.69, 9.17) is 4.74 Å². The molecule has 23 heavy (non-hydrogen) atoms. The Hall–Kier alpha value is -2.15. The van der Waals surface area contributed by atoms with Gasteiger partial charge in [0.25, 0.3) is 5.56 Å². The molecule has 1 aromatic heterocycles. The number of nitrogens with one attached hydrogen (secondary N) is 1. The van der Waals surface area contributed by atoms with Crippen molar-refractivity contribution in [2.24, 2.45) is 20.0 Å². The summed E-state index contributed by atoms with van der Waals surface area (Å²) in [6, 6.07) is 0. The lowest BCUT2D eigenvalue weighted by Gasteiger charge is -2.06. The molecule has 0 fully saturated rings. The second-order valence-corrected chi connectivity index (χ2v) is 5.79. The molecule has 0 aromatic carbocycles. The average molecular weight is 323 g/mol. The van der Waals surface area contributed by atoms with Crippen LogP contribution >= 0.6 is 0 Å². The largest absolute Gasteiger partial charge is 0.381 e. The van der Waals surface area contributed by atoms with Crippen LogP contribution < -0.4 is 16.6 Å². The maximum Gasteiger partial charge on any atom is 0.330 e. The topological polar surface area (TPSA) is 82.3 Å². The molecule has 1 heterocycles. The van der Waals surface area contributed by atoms with Crippen molar-refractivity contribution in [2.45, 2.75) is 20.3 Å². The summed E-state index contributed by atoms with van der Waals surface area (Å²) >= 11 is 0. The predicted molar refractivity (Wildman–Crippen MR) is 89.2 cm³/mol. The van der Waals surface area contributed by atoms with Gasteiger partial charge in [-0.05, 0) is 18.4 Å². The van der Waals surface area contributed by atoms with Crippen LogP contribution in [-0.4, -0.2) is 34.8 Å². The summed E-state index contributed by atoms with van der Waals surface area (Å²) in [5.74, 6) is 0.210. The molecule has 0 aliphatic rings. The van der Waals surface area contributed by atoms with Gasteiger partial charge in [0.1, 0.15) is 0 Å². The lowest BCUT2D eigenvalue weighted by atomic mass is 10.2. The van der Waals surface area contributed by atoms with Crippen LogP contribution in [-0.2, 0) is 23.6 Å². The Morgan fingerprint density at radius 1 is 1.35 bits per heavy atom. The number of nitrogens with zero attached hydrogens (tertiary/aromatic N) is 2. The molecular formula is C16H25N3O4. The zero-order valence-corrected chi connectivity index (χ0v) is 14.2. The van der Waals surface area contributed by atoms with Crippen LogP contribution in [0, 0.1) is 5.92 Å². The fourth-order valence-electron chi connectivity index (χ4n) is 1.88. The first-order valence-corrected chi connectivity index (χ1v) is 7.63. The molecule has 7 heteroatoms. The third-order valence-corrected chi connectivity index (χ3v) is 3.10. The third-order valence-electron chi connectivity index (χ3n) is 3.10. The van der Waals surface area contributed by atoms with Crippen LogP contribution in [0.15, 0.2) is 21.9 Å². The number of amides is 1. The Bertz CT molecular complexity index is 671. The molecule has 0 atom stereocenters. The zero-order valence-electron chi connectivity index (χ0n) is 14.2. The van der Waals surface area contributed by atoms with Gasteiger partial charge in [0, 0.05) is 46.1 Å². The first-order chi connectivity index (χ1) is 10.8. The monoisotopic (exact) mass is 323 g/mol. The highest BCUT2D eigenvalue weighted by molar-refractivity contribution is 5.91. The second kappa shape index (κ2) is 9.09. The number of hydrogen-bond acceptors (Lipinski definition) is 4. The standard InChI is InChI=1S/C16H25N3O4/c1-12(2)11-23-9-5-8-17-14(20)7-6-13-10-18(3)16(22)19(4)15(13)21/h6-7,10,12H,5,8-9,11H2,1-4H3,(H,17,20)/b7-6+. The number of ether oxygens (including phenoxy) is 1. The van der Waals surface area contributed by atoms with Gasteiger partial charge < -0.3 is 14.6 Å². The van der Waals surface area contributed by atoms with Crippen LogP contribution in [0.3, 0.4) is 0 Å². The zero-order chi connectivity index (χ0) is 17.4. The molecule has 0 spiro atoms. The summed E-state index contributed by atoms with van der Waals surface area (Å²) in [6.07, 6.45) is 4.84. The van der Waals surface area contributed by atoms with Crippen molar-refractivity contribution in [3.05, 3.63) is 38.7 Å². The molecule has 128 valence electrons. The first kappa shape index (κ1) is 18.9. The highest BCUT2D eigenvalue weighted by Gasteiger charge is 2.04. The Morgan fingerprint density at radius 2 is 2.04 bits per heavy atom. The van der Waals surface area contributed by atoms with E-state index in [9.17, 15) is 14.4 Å². The first-order valence-electron chi connectivity index (χ1n) is 7.63. The van der Waals surface area contributed by atoms with Crippen LogP contribution in [0.2, 0.25) is 0 Å². The minimum Gasteiger partial charge on any atom is -0.381 e. The van der Waals surface area contributed by atoms with E-state index in [0.29, 0.717) is 25.7 Å². The molecule has 0 bridgehead atoms. The number of aromatic nitrogens is 2. The summed E-state index contributed by atoms with van der Waals surface area (Å²) in [7, 11) is 2.95. The van der Waals surface area contributed by atoms with Crippen molar-refractivity contribution >= 4 is 12.0 Å². The average Bonchev–Trinajstić information content (AvgIpc) is 2.50. The van der Waals surface area contributed by atoms with Gasteiger partial charge >= 0.3 is 5.69 Å². The van der Waals surface area contributed by atoms with Crippen molar-refractivity contribution in [2.75, 3.05) is 19.8 Å². The molecule has 1 aromatic rings. The Labute approximate surface area is 135 Å². The Kier molecular flexibility index (Phi) is 7.47. The number of aryl methyl sites for hydroxylation is 1. The second-order valence-electron chi connectivity index (χ2n) is 5.79. The SMILES string of the molecule is CC(C)COCCCNC(=O)/C=C/c1cn(C)c(=O)n(C)c1=O. The van der Waals surface area contributed by atoms with Crippen molar-refractivity contribution < 1.29 is 9.53 Å². The minimum absolute atomic E-state index is 0.282. The van der Waals surface area contributed by atoms with Crippen LogP contribution in [0.4, 0.5) is 0 Å². The Balaban J connectivity index is 2.48. The smallest absolute Gasteiger partial charge is 0.330 e. The highest BCUT2D eigenvalue weighted by atomic mass is 16.5. The molecular weight excluding hydrogens is 298 g/mol. The predicted octanol–water partition coefficient (Wildman–Crippen LogP) is 0.276. The van der Waals surface area contributed by atoms with Crippen molar-refractivity contribution in [3.63, 3.8) is 0 Å². The molecule has 1 rings (SSSR count). The van der Waals surface area contributed by atoms with Gasteiger partial charge in [-0.1, -0.05) is 13.8 Å². The highest BCUT2D eigenvalue weighted by Crippen LogP contribution is 1.94. The van der Waals surface area contributed by atoms with E-state index >= 15 is 0 Å². The van der Waals surface area contributed by atoms with Gasteiger partial charge in [0.15, 0.2) is 0 Å². The third kappa shape index (κ3) is 6.23. The van der Waals surface area contributed by atoms with Gasteiger partial charge in [0.05, 0.1) is 5.56 Å². The number of hydrogen-bond donors (Lipinski definition) is 1. The molecule has 0 aliphatic carbocycles. The van der Waals surface area contributed by atoms with E-state index in [-0.39, 0.29) is 11.5 Å². The molecule has 1 amide bonds. The lowest BCUT2D eigenvalue weighted by molar-refractivity contribution is -0.116. The van der Waals surface area contributed by atoms with Gasteiger partial charge in [-0.3, -0.25) is 14.2 Å². The molecule has 0 radical (unpaired) electrons. The Morgan fingerprint density at radius 3 is 2.70 bits per heavy atom. The summed E-state index contributed by atoms with van der Waals surface area (Å²) in [5.41, 5.74) is -0.553. The summed E-state index contributed by atoms with van der Waals surface area (Å²) in [4.78, 5) is 35.1. The van der Waals surface area contributed by atoms with E-state index in [0.717, 1.165) is 11.0 Å². The lowest BCUT2D eigenvalue weighted by Crippen LogP contribution is -2.37. The fourth-order valence-corrected chi connectivity index (χ4v) is 1.88. The number of carbonyl (C=O) groups is 1. The molecule has 0 saturated carbocycles. The van der Waals surface area contributed by atoms with E-state index in [1.807, 2.05) is 0 Å². The van der Waals surface area contributed by atoms with Gasteiger partial charge in [-0.25, -0.2) is 4.79 Å². The summed E-state index contributed by atoms with van der Waals surface area (Å²) in [5, 5.41) is 2.72. The summed E-state index contributed by atoms with van der Waals surface area (Å²) < 4.78 is 7.71. The maximum absolute atomic E-state index is 11.9. The van der Waals surface area contributed by atoms with E-state index in [1.54, 1.807) is 7.05 Å². The van der Waals surface area contributed by atoms with E-state index in [1.165, 1.54) is 30.0 Å². The number of carbonyl (C=O) groups excluding carboxylic acids is 1. The maximum atomic E-state index is 11.9. The minimum atomic E-state index is -0.431. The molecule has 1 N–H and O–H groups in total. The normalized spacial score (nSPS) is 11.3. The van der Waals surface area contributed by atoms with Crippen molar-refractivity contribution in [1.29, 1.82) is 0 Å². The molecule has 0 saturated heterocycles. The molecule has 7 nitrogen and oxygen atoms in total. The van der Waals surface area contributed by atoms with E-state index < -0.39 is 11.2 Å². The summed E-state index contributed by atoms with van der Waals surface area (Å²) in [6.45, 7) is 5.98. The van der Waals surface area contributed by atoms with Gasteiger partial charge in [-0.15, -0.1) is 0 Å². The van der Waals surface area contributed by atoms with Crippen LogP contribution in [0.1, 0.15) is 25.8 Å². The van der Waals surface area contributed by atoms with Gasteiger partial charge in [0.2, 0.25) is 5.91 Å². The van der Waals surface area contributed by atoms with Crippen LogP contribution in [0.5, 0.6) is 0 Å². The van der Waals surface area contributed by atoms with Crippen molar-refractivity contribution in [1.82, 2.24) is 14.5 Å². The van der Waals surface area contributed by atoms with Crippen LogP contribution in [0.25, 0.3) is 6.08 Å². The quantitative estimate of drug-likeness (QED) is 0.550. The van der Waals surface area contributed by atoms with E-state index in [2.05, 4.69) is 19.2 Å². The van der Waals surface area contributed by atoms with Crippen molar-refractivity contribution in [3.8, 4) is 0 Å². The number of rotatable bonds is 8. The molecule has 0 aliphatic heterocycles. The van der Waals surface area contributed by atoms with Gasteiger partial charge in [-0.2, -0.15) is 0 Å². The molecule has 0 unspecified atom stereocenters.